The van der Waals surface area contributed by atoms with Crippen LogP contribution < -0.4 is 5.32 Å². The zero-order valence-electron chi connectivity index (χ0n) is 17.9. The van der Waals surface area contributed by atoms with E-state index in [1.807, 2.05) is 54.0 Å². The van der Waals surface area contributed by atoms with Crippen LogP contribution in [0.15, 0.2) is 78.0 Å². The molecule has 0 radical (unpaired) electrons. The number of anilines is 1. The minimum atomic E-state index is -0.122. The van der Waals surface area contributed by atoms with Crippen molar-refractivity contribution in [1.82, 2.24) is 14.8 Å². The van der Waals surface area contributed by atoms with Crippen LogP contribution >= 0.6 is 23.4 Å². The van der Waals surface area contributed by atoms with Crippen molar-refractivity contribution in [2.45, 2.75) is 25.4 Å². The molecule has 0 bridgehead atoms. The van der Waals surface area contributed by atoms with Crippen LogP contribution in [0.4, 0.5) is 5.69 Å². The molecule has 0 unspecified atom stereocenters. The van der Waals surface area contributed by atoms with Crippen molar-refractivity contribution in [1.29, 1.82) is 0 Å². The van der Waals surface area contributed by atoms with Crippen LogP contribution in [0.3, 0.4) is 0 Å². The molecule has 0 spiro atoms. The number of rotatable bonds is 7. The summed E-state index contributed by atoms with van der Waals surface area (Å²) in [5, 5.41) is 13.1. The Labute approximate surface area is 196 Å². The van der Waals surface area contributed by atoms with E-state index in [1.165, 1.54) is 11.8 Å². The van der Waals surface area contributed by atoms with Crippen LogP contribution in [-0.2, 0) is 11.2 Å². The molecule has 0 aliphatic rings. The lowest BCUT2D eigenvalue weighted by molar-refractivity contribution is -0.113. The van der Waals surface area contributed by atoms with Crippen LogP contribution in [-0.4, -0.2) is 26.4 Å². The van der Waals surface area contributed by atoms with Crippen molar-refractivity contribution in [2.75, 3.05) is 11.1 Å². The maximum Gasteiger partial charge on any atom is 0.234 e. The standard InChI is InChI=1S/C25H23ClN4OS/c1-17-8-6-11-20(14-17)30-23(15-19-9-4-3-5-10-19)28-29-25(30)32-16-24(31)27-22-13-7-12-21(26)18(22)2/h3-14H,15-16H2,1-2H3,(H,27,31). The predicted molar refractivity (Wildman–Crippen MR) is 131 cm³/mol. The van der Waals surface area contributed by atoms with Gasteiger partial charge in [-0.3, -0.25) is 9.36 Å². The average Bonchev–Trinajstić information content (AvgIpc) is 3.18. The molecule has 1 amide bonds. The number of nitrogens with one attached hydrogen (secondary N) is 1. The Bertz CT molecular complexity index is 1240. The third-order valence-electron chi connectivity index (χ3n) is 5.04. The number of benzene rings is 3. The number of halogens is 1. The first-order chi connectivity index (χ1) is 15.5. The summed E-state index contributed by atoms with van der Waals surface area (Å²) in [5.41, 5.74) is 4.84. The second-order valence-corrected chi connectivity index (χ2v) is 8.83. The Morgan fingerprint density at radius 2 is 1.78 bits per heavy atom. The zero-order valence-corrected chi connectivity index (χ0v) is 19.5. The van der Waals surface area contributed by atoms with Crippen LogP contribution in [0.25, 0.3) is 5.69 Å². The minimum Gasteiger partial charge on any atom is -0.325 e. The molecule has 0 aliphatic carbocycles. The number of hydrogen-bond acceptors (Lipinski definition) is 4. The fourth-order valence-electron chi connectivity index (χ4n) is 3.37. The molecule has 0 fully saturated rings. The number of carbonyl (C=O) groups is 1. The number of aromatic nitrogens is 3. The molecular formula is C25H23ClN4OS. The van der Waals surface area contributed by atoms with E-state index in [-0.39, 0.29) is 11.7 Å². The zero-order chi connectivity index (χ0) is 22.5. The summed E-state index contributed by atoms with van der Waals surface area (Å²) in [6, 6.07) is 23.8. The molecule has 1 N–H and O–H groups in total. The lowest BCUT2D eigenvalue weighted by Crippen LogP contribution is -2.15. The molecule has 0 atom stereocenters. The monoisotopic (exact) mass is 462 g/mol. The van der Waals surface area contributed by atoms with Crippen molar-refractivity contribution in [3.8, 4) is 5.69 Å². The third-order valence-corrected chi connectivity index (χ3v) is 6.38. The molecule has 7 heteroatoms. The first-order valence-corrected chi connectivity index (χ1v) is 11.6. The molecule has 3 aromatic carbocycles. The summed E-state index contributed by atoms with van der Waals surface area (Å²) in [5.74, 6) is 0.917. The van der Waals surface area contributed by atoms with Gasteiger partial charge < -0.3 is 5.32 Å². The van der Waals surface area contributed by atoms with Gasteiger partial charge >= 0.3 is 0 Å². The van der Waals surface area contributed by atoms with Crippen molar-refractivity contribution >= 4 is 35.0 Å². The van der Waals surface area contributed by atoms with Gasteiger partial charge in [-0.25, -0.2) is 0 Å². The number of amides is 1. The molecular weight excluding hydrogens is 440 g/mol. The average molecular weight is 463 g/mol. The Kier molecular flexibility index (Phi) is 6.93. The van der Waals surface area contributed by atoms with Crippen LogP contribution in [0.1, 0.15) is 22.5 Å². The molecule has 0 aliphatic heterocycles. The smallest absolute Gasteiger partial charge is 0.234 e. The topological polar surface area (TPSA) is 59.8 Å². The number of thioether (sulfide) groups is 1. The first kappa shape index (κ1) is 22.1. The third kappa shape index (κ3) is 5.21. The van der Waals surface area contributed by atoms with E-state index in [1.54, 1.807) is 6.07 Å². The SMILES string of the molecule is Cc1cccc(-n2c(Cc3ccccc3)nnc2SCC(=O)Nc2cccc(Cl)c2C)c1. The molecule has 0 saturated heterocycles. The quantitative estimate of drug-likeness (QED) is 0.349. The highest BCUT2D eigenvalue weighted by atomic mass is 35.5. The summed E-state index contributed by atoms with van der Waals surface area (Å²) in [6.45, 7) is 3.94. The van der Waals surface area contributed by atoms with E-state index in [0.717, 1.165) is 28.2 Å². The van der Waals surface area contributed by atoms with Crippen molar-refractivity contribution in [3.05, 3.63) is 100 Å². The highest BCUT2D eigenvalue weighted by molar-refractivity contribution is 7.99. The number of nitrogens with zero attached hydrogens (tertiary/aromatic N) is 3. The van der Waals surface area contributed by atoms with Crippen LogP contribution in [0.5, 0.6) is 0 Å². The van der Waals surface area contributed by atoms with Crippen molar-refractivity contribution in [3.63, 3.8) is 0 Å². The van der Waals surface area contributed by atoms with Crippen LogP contribution in [0, 0.1) is 13.8 Å². The number of aryl methyl sites for hydroxylation is 1. The summed E-state index contributed by atoms with van der Waals surface area (Å²) in [7, 11) is 0. The van der Waals surface area contributed by atoms with Crippen LogP contribution in [0.2, 0.25) is 5.02 Å². The summed E-state index contributed by atoms with van der Waals surface area (Å²) in [6.07, 6.45) is 0.649. The number of carbonyl (C=O) groups excluding carboxylic acids is 1. The van der Waals surface area contributed by atoms with E-state index >= 15 is 0 Å². The minimum absolute atomic E-state index is 0.122. The van der Waals surface area contributed by atoms with Gasteiger partial charge in [-0.2, -0.15) is 0 Å². The molecule has 4 aromatic rings. The molecule has 1 heterocycles. The maximum atomic E-state index is 12.6. The lowest BCUT2D eigenvalue weighted by atomic mass is 10.1. The Morgan fingerprint density at radius 1 is 1.00 bits per heavy atom. The fourth-order valence-corrected chi connectivity index (χ4v) is 4.32. The Morgan fingerprint density at radius 3 is 2.56 bits per heavy atom. The van der Waals surface area contributed by atoms with Gasteiger partial charge in [0.25, 0.3) is 0 Å². The second-order valence-electron chi connectivity index (χ2n) is 7.48. The van der Waals surface area contributed by atoms with Gasteiger partial charge in [0, 0.05) is 22.8 Å². The van der Waals surface area contributed by atoms with Gasteiger partial charge in [0.05, 0.1) is 5.75 Å². The first-order valence-electron chi connectivity index (χ1n) is 10.2. The molecule has 32 heavy (non-hydrogen) atoms. The van der Waals surface area contributed by atoms with Crippen molar-refractivity contribution in [2.24, 2.45) is 0 Å². The van der Waals surface area contributed by atoms with Gasteiger partial charge in [0.15, 0.2) is 5.16 Å². The molecule has 4 rings (SSSR count). The maximum absolute atomic E-state index is 12.6. The van der Waals surface area contributed by atoms with E-state index in [2.05, 4.69) is 46.7 Å². The normalized spacial score (nSPS) is 10.8. The van der Waals surface area contributed by atoms with Gasteiger partial charge in [-0.05, 0) is 54.8 Å². The molecule has 162 valence electrons. The van der Waals surface area contributed by atoms with Gasteiger partial charge in [-0.15, -0.1) is 10.2 Å². The lowest BCUT2D eigenvalue weighted by Gasteiger charge is -2.12. The summed E-state index contributed by atoms with van der Waals surface area (Å²) < 4.78 is 2.03. The van der Waals surface area contributed by atoms with E-state index in [9.17, 15) is 4.79 Å². The van der Waals surface area contributed by atoms with Gasteiger partial charge in [0.2, 0.25) is 5.91 Å². The largest absolute Gasteiger partial charge is 0.325 e. The second kappa shape index (κ2) is 10.0. The summed E-state index contributed by atoms with van der Waals surface area (Å²) >= 11 is 7.52. The fraction of sp³-hybridized carbons (Fsp3) is 0.160. The highest BCUT2D eigenvalue weighted by Crippen LogP contribution is 2.26. The van der Waals surface area contributed by atoms with E-state index in [4.69, 9.17) is 11.6 Å². The van der Waals surface area contributed by atoms with E-state index < -0.39 is 0 Å². The van der Waals surface area contributed by atoms with Crippen molar-refractivity contribution < 1.29 is 4.79 Å². The molecule has 1 aromatic heterocycles. The van der Waals surface area contributed by atoms with Gasteiger partial charge in [0.1, 0.15) is 5.82 Å². The predicted octanol–water partition coefficient (Wildman–Crippen LogP) is 5.86. The highest BCUT2D eigenvalue weighted by Gasteiger charge is 2.17. The molecule has 0 saturated carbocycles. The number of hydrogen-bond donors (Lipinski definition) is 1. The summed E-state index contributed by atoms with van der Waals surface area (Å²) in [4.78, 5) is 12.6. The Hall–Kier alpha value is -3.09. The van der Waals surface area contributed by atoms with E-state index in [0.29, 0.717) is 22.3 Å². The Balaban J connectivity index is 1.56. The molecule has 5 nitrogen and oxygen atoms in total. The van der Waals surface area contributed by atoms with Gasteiger partial charge in [-0.1, -0.05) is 71.9 Å².